The predicted molar refractivity (Wildman–Crippen MR) is 116 cm³/mol. The number of nitrogens with zero attached hydrogens (tertiary/aromatic N) is 2. The third kappa shape index (κ3) is 6.52. The predicted octanol–water partition coefficient (Wildman–Crippen LogP) is 3.43. The molecular weight excluding hydrogens is 364 g/mol. The lowest BCUT2D eigenvalue weighted by Gasteiger charge is -2.32. The van der Waals surface area contributed by atoms with Crippen molar-refractivity contribution in [2.75, 3.05) is 33.2 Å². The monoisotopic (exact) mass is 390 g/mol. The molecule has 29 heavy (non-hydrogen) atoms. The van der Waals surface area contributed by atoms with Gasteiger partial charge in [-0.2, -0.15) is 0 Å². The summed E-state index contributed by atoms with van der Waals surface area (Å²) < 4.78 is 0. The summed E-state index contributed by atoms with van der Waals surface area (Å²) in [6.07, 6.45) is 5.92. The molecule has 1 N–H and O–H groups in total. The lowest BCUT2D eigenvalue weighted by atomic mass is 10.1. The zero-order valence-corrected chi connectivity index (χ0v) is 16.6. The molecule has 0 radical (unpaired) electrons. The normalized spacial score (nSPS) is 15.9. The minimum Gasteiger partial charge on any atom is -0.478 e. The second-order valence-corrected chi connectivity index (χ2v) is 7.32. The summed E-state index contributed by atoms with van der Waals surface area (Å²) in [4.78, 5) is 27.9. The molecule has 1 aliphatic heterocycles. The summed E-state index contributed by atoms with van der Waals surface area (Å²) >= 11 is 0. The van der Waals surface area contributed by atoms with Crippen LogP contribution in [0.15, 0.2) is 60.7 Å². The molecule has 3 rings (SSSR count). The number of carboxylic acid groups (broad SMARTS) is 1. The smallest absolute Gasteiger partial charge is 0.328 e. The van der Waals surface area contributed by atoms with E-state index in [0.29, 0.717) is 5.56 Å². The summed E-state index contributed by atoms with van der Waals surface area (Å²) in [6.45, 7) is 5.24. The molecule has 0 spiro atoms. The topological polar surface area (TPSA) is 60.9 Å². The van der Waals surface area contributed by atoms with E-state index in [1.54, 1.807) is 12.2 Å². The molecule has 0 aromatic heterocycles. The molecule has 0 bridgehead atoms. The quantitative estimate of drug-likeness (QED) is 0.580. The van der Waals surface area contributed by atoms with E-state index < -0.39 is 5.97 Å². The second kappa shape index (κ2) is 9.96. The molecule has 2 aromatic carbocycles. The first-order valence-electron chi connectivity index (χ1n) is 9.73. The lowest BCUT2D eigenvalue weighted by Crippen LogP contribution is -2.43. The Bertz CT molecular complexity index is 908. The van der Waals surface area contributed by atoms with Crippen LogP contribution in [0.3, 0.4) is 0 Å². The first-order valence-corrected chi connectivity index (χ1v) is 9.73. The SMILES string of the molecule is CN1CCN(Cc2ccc(C(=O)C=Cc3cccc(C=CC(=O)O)c3)cc2)CC1. The van der Waals surface area contributed by atoms with Gasteiger partial charge < -0.3 is 10.0 Å². The molecule has 1 heterocycles. The summed E-state index contributed by atoms with van der Waals surface area (Å²) in [5.41, 5.74) is 3.49. The second-order valence-electron chi connectivity index (χ2n) is 7.32. The highest BCUT2D eigenvalue weighted by atomic mass is 16.4. The van der Waals surface area contributed by atoms with E-state index in [-0.39, 0.29) is 5.78 Å². The van der Waals surface area contributed by atoms with Gasteiger partial charge in [0, 0.05) is 44.4 Å². The summed E-state index contributed by atoms with van der Waals surface area (Å²) in [5.74, 6) is -1.04. The number of likely N-dealkylation sites (N-methyl/N-ethyl adjacent to an activating group) is 1. The van der Waals surface area contributed by atoms with Crippen molar-refractivity contribution in [2.24, 2.45) is 0 Å². The molecule has 0 aliphatic carbocycles. The maximum absolute atomic E-state index is 12.5. The fraction of sp³-hybridized carbons (Fsp3) is 0.250. The highest BCUT2D eigenvalue weighted by Gasteiger charge is 2.13. The van der Waals surface area contributed by atoms with Gasteiger partial charge in [0.25, 0.3) is 0 Å². The van der Waals surface area contributed by atoms with Crippen LogP contribution in [0.4, 0.5) is 0 Å². The summed E-state index contributed by atoms with van der Waals surface area (Å²) in [7, 11) is 2.15. The standard InChI is InChI=1S/C24H26N2O3/c1-25-13-15-26(16-14-25)18-21-5-9-22(10-6-21)23(27)11-7-19-3-2-4-20(17-19)8-12-24(28)29/h2-12,17H,13-16,18H2,1H3,(H,28,29). The number of carbonyl (C=O) groups is 2. The van der Waals surface area contributed by atoms with Crippen LogP contribution in [0.2, 0.25) is 0 Å². The van der Waals surface area contributed by atoms with Crippen LogP contribution < -0.4 is 0 Å². The highest BCUT2D eigenvalue weighted by Crippen LogP contribution is 2.13. The van der Waals surface area contributed by atoms with Gasteiger partial charge in [-0.05, 0) is 42.0 Å². The number of piperazine rings is 1. The lowest BCUT2D eigenvalue weighted by molar-refractivity contribution is -0.131. The molecule has 150 valence electrons. The third-order valence-electron chi connectivity index (χ3n) is 5.00. The first kappa shape index (κ1) is 20.7. The number of aliphatic carboxylic acids is 1. The van der Waals surface area contributed by atoms with Gasteiger partial charge in [0.15, 0.2) is 5.78 Å². The van der Waals surface area contributed by atoms with Crippen LogP contribution in [0.1, 0.15) is 27.0 Å². The van der Waals surface area contributed by atoms with Gasteiger partial charge in [-0.1, -0.05) is 48.5 Å². The maximum atomic E-state index is 12.5. The van der Waals surface area contributed by atoms with Crippen LogP contribution in [0.25, 0.3) is 12.2 Å². The number of benzene rings is 2. The van der Waals surface area contributed by atoms with E-state index in [4.69, 9.17) is 5.11 Å². The van der Waals surface area contributed by atoms with Gasteiger partial charge in [-0.3, -0.25) is 9.69 Å². The molecule has 5 nitrogen and oxygen atoms in total. The van der Waals surface area contributed by atoms with Crippen LogP contribution in [0, 0.1) is 0 Å². The zero-order chi connectivity index (χ0) is 20.6. The van der Waals surface area contributed by atoms with Gasteiger partial charge in [0.1, 0.15) is 0 Å². The average Bonchev–Trinajstić information content (AvgIpc) is 2.73. The molecule has 0 atom stereocenters. The minimum atomic E-state index is -0.989. The Morgan fingerprint density at radius 1 is 0.931 bits per heavy atom. The maximum Gasteiger partial charge on any atom is 0.328 e. The Kier molecular flexibility index (Phi) is 7.11. The first-order chi connectivity index (χ1) is 14.0. The summed E-state index contributed by atoms with van der Waals surface area (Å²) in [6, 6.07) is 15.2. The van der Waals surface area contributed by atoms with E-state index in [1.165, 1.54) is 11.6 Å². The van der Waals surface area contributed by atoms with E-state index in [0.717, 1.165) is 49.9 Å². The van der Waals surface area contributed by atoms with Gasteiger partial charge >= 0.3 is 5.97 Å². The van der Waals surface area contributed by atoms with Gasteiger partial charge in [0.05, 0.1) is 0 Å². The van der Waals surface area contributed by atoms with E-state index in [2.05, 4.69) is 16.8 Å². The Morgan fingerprint density at radius 2 is 1.55 bits per heavy atom. The summed E-state index contributed by atoms with van der Waals surface area (Å²) in [5, 5.41) is 8.72. The fourth-order valence-corrected chi connectivity index (χ4v) is 3.24. The number of carboxylic acids is 1. The Hall–Kier alpha value is -3.02. The molecule has 5 heteroatoms. The van der Waals surface area contributed by atoms with Crippen LogP contribution in [0.5, 0.6) is 0 Å². The number of rotatable bonds is 7. The molecule has 1 aliphatic rings. The van der Waals surface area contributed by atoms with Gasteiger partial charge in [-0.25, -0.2) is 4.79 Å². The van der Waals surface area contributed by atoms with Crippen molar-refractivity contribution in [3.63, 3.8) is 0 Å². The Labute approximate surface area is 171 Å². The third-order valence-corrected chi connectivity index (χ3v) is 5.00. The number of allylic oxidation sites excluding steroid dienone is 1. The van der Waals surface area contributed by atoms with Crippen molar-refractivity contribution in [1.82, 2.24) is 9.80 Å². The van der Waals surface area contributed by atoms with Crippen molar-refractivity contribution in [3.05, 3.63) is 82.9 Å². The largest absolute Gasteiger partial charge is 0.478 e. The molecule has 1 saturated heterocycles. The minimum absolute atomic E-state index is 0.0531. The molecule has 2 aromatic rings. The Morgan fingerprint density at radius 3 is 2.17 bits per heavy atom. The number of hydrogen-bond acceptors (Lipinski definition) is 4. The number of carbonyl (C=O) groups excluding carboxylic acids is 1. The fourth-order valence-electron chi connectivity index (χ4n) is 3.24. The van der Waals surface area contributed by atoms with Crippen LogP contribution >= 0.6 is 0 Å². The molecule has 0 unspecified atom stereocenters. The van der Waals surface area contributed by atoms with E-state index in [9.17, 15) is 9.59 Å². The molecule has 0 saturated carbocycles. The zero-order valence-electron chi connectivity index (χ0n) is 16.6. The average molecular weight is 390 g/mol. The van der Waals surface area contributed by atoms with E-state index in [1.807, 2.05) is 48.5 Å². The highest BCUT2D eigenvalue weighted by molar-refractivity contribution is 6.06. The number of hydrogen-bond donors (Lipinski definition) is 1. The molecular formula is C24H26N2O3. The van der Waals surface area contributed by atoms with Crippen LogP contribution in [-0.4, -0.2) is 59.9 Å². The van der Waals surface area contributed by atoms with Crippen molar-refractivity contribution in [1.29, 1.82) is 0 Å². The van der Waals surface area contributed by atoms with Crippen LogP contribution in [-0.2, 0) is 11.3 Å². The van der Waals surface area contributed by atoms with Crippen molar-refractivity contribution in [3.8, 4) is 0 Å². The Balaban J connectivity index is 1.59. The van der Waals surface area contributed by atoms with Gasteiger partial charge in [-0.15, -0.1) is 0 Å². The van der Waals surface area contributed by atoms with E-state index >= 15 is 0 Å². The molecule has 1 fully saturated rings. The number of ketones is 1. The van der Waals surface area contributed by atoms with Gasteiger partial charge in [0.2, 0.25) is 0 Å². The van der Waals surface area contributed by atoms with Crippen molar-refractivity contribution in [2.45, 2.75) is 6.54 Å². The van der Waals surface area contributed by atoms with Crippen molar-refractivity contribution < 1.29 is 14.7 Å². The molecule has 0 amide bonds. The van der Waals surface area contributed by atoms with Crippen molar-refractivity contribution >= 4 is 23.9 Å².